The van der Waals surface area contributed by atoms with E-state index in [0.29, 0.717) is 6.07 Å². The van der Waals surface area contributed by atoms with Gasteiger partial charge in [-0.2, -0.15) is 0 Å². The number of ether oxygens (including phenoxy) is 1. The molecule has 0 amide bonds. The van der Waals surface area contributed by atoms with Crippen molar-refractivity contribution in [1.82, 2.24) is 0 Å². The first-order valence-corrected chi connectivity index (χ1v) is 4.61. The Balaban J connectivity index is 2.91. The van der Waals surface area contributed by atoms with Gasteiger partial charge in [0.2, 0.25) is 6.17 Å². The van der Waals surface area contributed by atoms with Crippen LogP contribution in [-0.2, 0) is 4.79 Å². The molecule has 0 bridgehead atoms. The number of alkyl halides is 4. The van der Waals surface area contributed by atoms with Gasteiger partial charge >= 0.3 is 12.3 Å². The zero-order valence-corrected chi connectivity index (χ0v) is 8.69. The summed E-state index contributed by atoms with van der Waals surface area (Å²) in [6, 6.07) is 3.82. The lowest BCUT2D eigenvalue weighted by atomic mass is 10.1. The zero-order chi connectivity index (χ0) is 13.9. The lowest BCUT2D eigenvalue weighted by molar-refractivity contribution is -0.274. The molecule has 2 atom stereocenters. The summed E-state index contributed by atoms with van der Waals surface area (Å²) < 4.78 is 52.2. The van der Waals surface area contributed by atoms with Gasteiger partial charge in [0, 0.05) is 0 Å². The largest absolute Gasteiger partial charge is 0.573 e. The number of aliphatic carboxylic acids is 1. The second-order valence-corrected chi connectivity index (χ2v) is 3.31. The molecule has 100 valence electrons. The van der Waals surface area contributed by atoms with Gasteiger partial charge in [-0.25, -0.2) is 9.18 Å². The summed E-state index contributed by atoms with van der Waals surface area (Å²) >= 11 is 0. The lowest BCUT2D eigenvalue weighted by Gasteiger charge is -2.14. The summed E-state index contributed by atoms with van der Waals surface area (Å²) in [6.07, 6.45) is -9.63. The van der Waals surface area contributed by atoms with E-state index in [1.807, 2.05) is 0 Å². The summed E-state index contributed by atoms with van der Waals surface area (Å²) in [4.78, 5) is 10.3. The summed E-state index contributed by atoms with van der Waals surface area (Å²) in [6.45, 7) is 0. The van der Waals surface area contributed by atoms with Crippen molar-refractivity contribution in [1.29, 1.82) is 0 Å². The lowest BCUT2D eigenvalue weighted by Crippen LogP contribution is -2.23. The van der Waals surface area contributed by atoms with Crippen LogP contribution in [0.3, 0.4) is 0 Å². The SMILES string of the molecule is O=C(O)C(F)C(O)c1cccc(OC(F)(F)F)c1. The summed E-state index contributed by atoms with van der Waals surface area (Å²) in [7, 11) is 0. The van der Waals surface area contributed by atoms with Gasteiger partial charge in [0.05, 0.1) is 0 Å². The molecule has 1 aromatic carbocycles. The molecule has 18 heavy (non-hydrogen) atoms. The number of hydrogen-bond acceptors (Lipinski definition) is 3. The number of aliphatic hydroxyl groups is 1. The van der Waals surface area contributed by atoms with Crippen molar-refractivity contribution < 1.29 is 37.3 Å². The molecule has 2 N–H and O–H groups in total. The summed E-state index contributed by atoms with van der Waals surface area (Å²) in [5, 5.41) is 17.6. The molecule has 0 aliphatic heterocycles. The van der Waals surface area contributed by atoms with Crippen LogP contribution >= 0.6 is 0 Å². The average Bonchev–Trinajstić information content (AvgIpc) is 2.25. The fraction of sp³-hybridized carbons (Fsp3) is 0.300. The Labute approximate surface area is 98.4 Å². The van der Waals surface area contributed by atoms with Gasteiger partial charge in [-0.3, -0.25) is 0 Å². The molecule has 0 saturated carbocycles. The third kappa shape index (κ3) is 3.88. The average molecular weight is 268 g/mol. The van der Waals surface area contributed by atoms with E-state index < -0.39 is 30.4 Å². The maximum atomic E-state index is 13.0. The van der Waals surface area contributed by atoms with Gasteiger partial charge in [0.1, 0.15) is 11.9 Å². The molecular weight excluding hydrogens is 260 g/mol. The maximum Gasteiger partial charge on any atom is 0.573 e. The molecular formula is C10H8F4O4. The van der Waals surface area contributed by atoms with E-state index in [2.05, 4.69) is 4.74 Å². The second-order valence-electron chi connectivity index (χ2n) is 3.31. The van der Waals surface area contributed by atoms with Crippen LogP contribution in [0.4, 0.5) is 17.6 Å². The van der Waals surface area contributed by atoms with Crippen LogP contribution in [0.25, 0.3) is 0 Å². The van der Waals surface area contributed by atoms with E-state index in [0.717, 1.165) is 18.2 Å². The number of rotatable bonds is 4. The number of carboxylic acids is 1. The smallest absolute Gasteiger partial charge is 0.479 e. The Morgan fingerprint density at radius 3 is 2.44 bits per heavy atom. The van der Waals surface area contributed by atoms with Crippen LogP contribution in [-0.4, -0.2) is 28.7 Å². The van der Waals surface area contributed by atoms with Crippen molar-refractivity contribution in [3.05, 3.63) is 29.8 Å². The van der Waals surface area contributed by atoms with Crippen molar-refractivity contribution in [2.24, 2.45) is 0 Å². The minimum atomic E-state index is -4.93. The zero-order valence-electron chi connectivity index (χ0n) is 8.69. The van der Waals surface area contributed by atoms with Crippen molar-refractivity contribution in [2.75, 3.05) is 0 Å². The van der Waals surface area contributed by atoms with Crippen LogP contribution < -0.4 is 4.74 Å². The topological polar surface area (TPSA) is 66.8 Å². The third-order valence-corrected chi connectivity index (χ3v) is 1.95. The first-order valence-electron chi connectivity index (χ1n) is 4.61. The molecule has 1 rings (SSSR count). The number of halogens is 4. The number of benzene rings is 1. The predicted octanol–water partition coefficient (Wildman–Crippen LogP) is 2.04. The molecule has 0 aromatic heterocycles. The van der Waals surface area contributed by atoms with Crippen LogP contribution in [0.15, 0.2) is 24.3 Å². The van der Waals surface area contributed by atoms with Crippen LogP contribution in [0.5, 0.6) is 5.75 Å². The number of carboxylic acid groups (broad SMARTS) is 1. The molecule has 0 saturated heterocycles. The predicted molar refractivity (Wildman–Crippen MR) is 50.6 cm³/mol. The highest BCUT2D eigenvalue weighted by Crippen LogP contribution is 2.27. The van der Waals surface area contributed by atoms with E-state index in [1.54, 1.807) is 0 Å². The first kappa shape index (κ1) is 14.2. The van der Waals surface area contributed by atoms with Crippen molar-refractivity contribution in [2.45, 2.75) is 18.6 Å². The van der Waals surface area contributed by atoms with E-state index in [1.165, 1.54) is 0 Å². The van der Waals surface area contributed by atoms with E-state index in [9.17, 15) is 27.5 Å². The van der Waals surface area contributed by atoms with Gasteiger partial charge in [-0.05, 0) is 17.7 Å². The van der Waals surface area contributed by atoms with E-state index in [-0.39, 0.29) is 5.56 Å². The number of hydrogen-bond donors (Lipinski definition) is 2. The minimum absolute atomic E-state index is 0.327. The van der Waals surface area contributed by atoms with Gasteiger partial charge in [0.15, 0.2) is 0 Å². The molecule has 0 aliphatic rings. The molecule has 0 aliphatic carbocycles. The highest BCUT2D eigenvalue weighted by atomic mass is 19.4. The monoisotopic (exact) mass is 268 g/mol. The van der Waals surface area contributed by atoms with Gasteiger partial charge in [0.25, 0.3) is 0 Å². The van der Waals surface area contributed by atoms with Crippen LogP contribution in [0.2, 0.25) is 0 Å². The summed E-state index contributed by atoms with van der Waals surface area (Å²) in [5.41, 5.74) is -0.327. The third-order valence-electron chi connectivity index (χ3n) is 1.95. The van der Waals surface area contributed by atoms with Gasteiger partial charge in [-0.1, -0.05) is 12.1 Å². The van der Waals surface area contributed by atoms with Crippen LogP contribution in [0.1, 0.15) is 11.7 Å². The van der Waals surface area contributed by atoms with Crippen molar-refractivity contribution in [3.63, 3.8) is 0 Å². The fourth-order valence-electron chi connectivity index (χ4n) is 1.20. The van der Waals surface area contributed by atoms with Gasteiger partial charge in [-0.15, -0.1) is 13.2 Å². The molecule has 8 heteroatoms. The first-order chi connectivity index (χ1) is 8.20. The normalized spacial score (nSPS) is 14.9. The molecule has 4 nitrogen and oxygen atoms in total. The Bertz CT molecular complexity index is 432. The highest BCUT2D eigenvalue weighted by Gasteiger charge is 2.32. The quantitative estimate of drug-likeness (QED) is 0.820. The van der Waals surface area contributed by atoms with Crippen molar-refractivity contribution in [3.8, 4) is 5.75 Å². The fourth-order valence-corrected chi connectivity index (χ4v) is 1.20. The molecule has 2 unspecified atom stereocenters. The molecule has 0 spiro atoms. The molecule has 0 heterocycles. The Kier molecular flexibility index (Phi) is 4.12. The Morgan fingerprint density at radius 1 is 1.33 bits per heavy atom. The van der Waals surface area contributed by atoms with Gasteiger partial charge < -0.3 is 14.9 Å². The summed E-state index contributed by atoms with van der Waals surface area (Å²) in [5.74, 6) is -2.58. The maximum absolute atomic E-state index is 13.0. The number of aliphatic hydroxyl groups excluding tert-OH is 1. The second kappa shape index (κ2) is 5.21. The molecule has 0 fully saturated rings. The standard InChI is InChI=1S/C10H8F4O4/c11-7(9(16)17)8(15)5-2-1-3-6(4-5)18-10(12,13)14/h1-4,7-8,15H,(H,16,17). The minimum Gasteiger partial charge on any atom is -0.479 e. The number of carbonyl (C=O) groups is 1. The Morgan fingerprint density at radius 2 is 1.94 bits per heavy atom. The molecule has 1 aromatic rings. The van der Waals surface area contributed by atoms with E-state index in [4.69, 9.17) is 5.11 Å². The van der Waals surface area contributed by atoms with Crippen molar-refractivity contribution >= 4 is 5.97 Å². The van der Waals surface area contributed by atoms with Crippen LogP contribution in [0, 0.1) is 0 Å². The van der Waals surface area contributed by atoms with E-state index >= 15 is 0 Å². The molecule has 0 radical (unpaired) electrons. The Hall–Kier alpha value is -1.83. The highest BCUT2D eigenvalue weighted by molar-refractivity contribution is 5.73.